The van der Waals surface area contributed by atoms with Gasteiger partial charge in [0.05, 0.1) is 0 Å². The van der Waals surface area contributed by atoms with Gasteiger partial charge in [0.2, 0.25) is 0 Å². The summed E-state index contributed by atoms with van der Waals surface area (Å²) in [5.41, 5.74) is -0.839. The second-order valence-electron chi connectivity index (χ2n) is 6.81. The molecule has 1 saturated heterocycles. The maximum absolute atomic E-state index is 12.8. The molecule has 0 saturated carbocycles. The average Bonchev–Trinajstić information content (AvgIpc) is 2.99. The molecule has 2 aliphatic rings. The smallest absolute Gasteiger partial charge is 0.381 e. The standard InChI is InChI=1S/C16H23F3N4O2/c1-22(15(24)20-12-4-6-25-7-5-12)8-11-2-3-14-21-13(16(17,18)19)10-23(14)9-11/h10-12H,2-9H2,1H3,(H,20,24)/t11-/m0/s1. The molecule has 0 unspecified atom stereocenters. The number of ether oxygens (including phenoxy) is 1. The van der Waals surface area contributed by atoms with Crippen molar-refractivity contribution in [1.82, 2.24) is 19.8 Å². The number of halogens is 3. The molecule has 3 heterocycles. The van der Waals surface area contributed by atoms with Crippen LogP contribution in [0.25, 0.3) is 0 Å². The Morgan fingerprint density at radius 3 is 2.80 bits per heavy atom. The van der Waals surface area contributed by atoms with Gasteiger partial charge in [-0.25, -0.2) is 9.78 Å². The number of nitrogens with one attached hydrogen (secondary N) is 1. The number of carbonyl (C=O) groups excluding carboxylic acids is 1. The van der Waals surface area contributed by atoms with Crippen LogP contribution in [0.2, 0.25) is 0 Å². The van der Waals surface area contributed by atoms with Gasteiger partial charge in [-0.3, -0.25) is 0 Å². The lowest BCUT2D eigenvalue weighted by molar-refractivity contribution is -0.141. The molecule has 0 bridgehead atoms. The minimum atomic E-state index is -4.42. The van der Waals surface area contributed by atoms with Gasteiger partial charge < -0.3 is 19.5 Å². The summed E-state index contributed by atoms with van der Waals surface area (Å²) in [6.45, 7) is 2.27. The molecule has 1 aromatic rings. The molecule has 25 heavy (non-hydrogen) atoms. The molecular weight excluding hydrogens is 337 g/mol. The Hall–Kier alpha value is -1.77. The summed E-state index contributed by atoms with van der Waals surface area (Å²) in [5.74, 6) is 0.589. The van der Waals surface area contributed by atoms with Crippen molar-refractivity contribution in [2.24, 2.45) is 5.92 Å². The van der Waals surface area contributed by atoms with Gasteiger partial charge in [-0.15, -0.1) is 0 Å². The molecule has 1 aromatic heterocycles. The van der Waals surface area contributed by atoms with Gasteiger partial charge in [-0.1, -0.05) is 0 Å². The first kappa shape index (κ1) is 18.0. The summed E-state index contributed by atoms with van der Waals surface area (Å²) in [6.07, 6.45) is -0.508. The van der Waals surface area contributed by atoms with E-state index >= 15 is 0 Å². The molecule has 6 nitrogen and oxygen atoms in total. The number of fused-ring (bicyclic) bond motifs is 1. The lowest BCUT2D eigenvalue weighted by atomic mass is 9.99. The van der Waals surface area contributed by atoms with Crippen LogP contribution in [0.5, 0.6) is 0 Å². The molecule has 9 heteroatoms. The number of alkyl halides is 3. The molecule has 0 radical (unpaired) electrons. The minimum absolute atomic E-state index is 0.119. The Morgan fingerprint density at radius 2 is 2.12 bits per heavy atom. The van der Waals surface area contributed by atoms with E-state index in [-0.39, 0.29) is 18.0 Å². The number of amides is 2. The zero-order valence-corrected chi connectivity index (χ0v) is 14.2. The van der Waals surface area contributed by atoms with Gasteiger partial charge in [0, 0.05) is 52.0 Å². The molecule has 2 amide bonds. The van der Waals surface area contributed by atoms with Crippen LogP contribution in [0.15, 0.2) is 6.20 Å². The Balaban J connectivity index is 1.53. The van der Waals surface area contributed by atoms with Crippen molar-refractivity contribution >= 4 is 6.03 Å². The zero-order chi connectivity index (χ0) is 18.0. The number of carbonyl (C=O) groups is 1. The first-order chi connectivity index (χ1) is 11.8. The van der Waals surface area contributed by atoms with E-state index < -0.39 is 11.9 Å². The highest BCUT2D eigenvalue weighted by Crippen LogP contribution is 2.30. The predicted molar refractivity (Wildman–Crippen MR) is 84.0 cm³/mol. The number of imidazole rings is 1. The molecular formula is C16H23F3N4O2. The lowest BCUT2D eigenvalue weighted by Crippen LogP contribution is -2.47. The van der Waals surface area contributed by atoms with E-state index in [0.717, 1.165) is 25.5 Å². The molecule has 1 fully saturated rings. The molecule has 0 aliphatic carbocycles. The number of aryl methyl sites for hydroxylation is 1. The zero-order valence-electron chi connectivity index (χ0n) is 14.2. The summed E-state index contributed by atoms with van der Waals surface area (Å²) in [6, 6.07) is -0.0102. The normalized spacial score (nSPS) is 21.7. The van der Waals surface area contributed by atoms with Crippen LogP contribution in [0.1, 0.15) is 30.8 Å². The number of nitrogens with zero attached hydrogens (tertiary/aromatic N) is 3. The monoisotopic (exact) mass is 360 g/mol. The van der Waals surface area contributed by atoms with Crippen LogP contribution in [0, 0.1) is 5.92 Å². The Morgan fingerprint density at radius 1 is 1.40 bits per heavy atom. The summed E-state index contributed by atoms with van der Waals surface area (Å²) in [7, 11) is 1.72. The Labute approximate surface area is 144 Å². The first-order valence-electron chi connectivity index (χ1n) is 8.55. The summed E-state index contributed by atoms with van der Waals surface area (Å²) in [4.78, 5) is 17.6. The van der Waals surface area contributed by atoms with Crippen molar-refractivity contribution < 1.29 is 22.7 Å². The number of hydrogen-bond acceptors (Lipinski definition) is 3. The van der Waals surface area contributed by atoms with Gasteiger partial charge in [0.25, 0.3) is 0 Å². The second-order valence-corrected chi connectivity index (χ2v) is 6.81. The quantitative estimate of drug-likeness (QED) is 0.900. The second kappa shape index (κ2) is 7.23. The van der Waals surface area contributed by atoms with E-state index in [2.05, 4.69) is 10.3 Å². The van der Waals surface area contributed by atoms with E-state index in [9.17, 15) is 18.0 Å². The average molecular weight is 360 g/mol. The van der Waals surface area contributed by atoms with Crippen LogP contribution in [0.3, 0.4) is 0 Å². The highest BCUT2D eigenvalue weighted by atomic mass is 19.4. The van der Waals surface area contributed by atoms with E-state index in [0.29, 0.717) is 38.5 Å². The van der Waals surface area contributed by atoms with Crippen LogP contribution in [0.4, 0.5) is 18.0 Å². The number of hydrogen-bond donors (Lipinski definition) is 1. The molecule has 0 aromatic carbocycles. The molecule has 2 aliphatic heterocycles. The molecule has 1 N–H and O–H groups in total. The Bertz CT molecular complexity index is 611. The summed E-state index contributed by atoms with van der Waals surface area (Å²) >= 11 is 0. The van der Waals surface area contributed by atoms with Gasteiger partial charge in [0.15, 0.2) is 5.69 Å². The molecule has 3 rings (SSSR count). The van der Waals surface area contributed by atoms with Gasteiger partial charge >= 0.3 is 12.2 Å². The lowest BCUT2D eigenvalue weighted by Gasteiger charge is -2.30. The minimum Gasteiger partial charge on any atom is -0.381 e. The summed E-state index contributed by atoms with van der Waals surface area (Å²) in [5, 5.41) is 2.99. The maximum atomic E-state index is 12.8. The number of aromatic nitrogens is 2. The first-order valence-corrected chi connectivity index (χ1v) is 8.55. The highest BCUT2D eigenvalue weighted by molar-refractivity contribution is 5.74. The van der Waals surface area contributed by atoms with Gasteiger partial charge in [-0.05, 0) is 25.2 Å². The van der Waals surface area contributed by atoms with E-state index in [1.165, 1.54) is 0 Å². The van der Waals surface area contributed by atoms with Crippen LogP contribution in [-0.2, 0) is 23.9 Å². The Kier molecular flexibility index (Phi) is 5.21. The van der Waals surface area contributed by atoms with E-state index in [4.69, 9.17) is 4.74 Å². The largest absolute Gasteiger partial charge is 0.434 e. The predicted octanol–water partition coefficient (Wildman–Crippen LogP) is 2.28. The van der Waals surface area contributed by atoms with Crippen molar-refractivity contribution in [2.75, 3.05) is 26.8 Å². The number of rotatable bonds is 3. The fraction of sp³-hybridized carbons (Fsp3) is 0.750. The van der Waals surface area contributed by atoms with Crippen LogP contribution >= 0.6 is 0 Å². The van der Waals surface area contributed by atoms with E-state index in [1.807, 2.05) is 0 Å². The number of urea groups is 1. The van der Waals surface area contributed by atoms with Crippen molar-refractivity contribution in [3.63, 3.8) is 0 Å². The molecule has 140 valence electrons. The topological polar surface area (TPSA) is 59.4 Å². The summed E-state index contributed by atoms with van der Waals surface area (Å²) < 4.78 is 45.1. The third kappa shape index (κ3) is 4.45. The SMILES string of the molecule is CN(C[C@@H]1CCc2nc(C(F)(F)F)cn2C1)C(=O)NC1CCOCC1. The van der Waals surface area contributed by atoms with Gasteiger partial charge in [-0.2, -0.15) is 13.2 Å². The highest BCUT2D eigenvalue weighted by Gasteiger charge is 2.36. The van der Waals surface area contributed by atoms with E-state index in [1.54, 1.807) is 16.5 Å². The van der Waals surface area contributed by atoms with Crippen molar-refractivity contribution in [3.8, 4) is 0 Å². The fourth-order valence-electron chi connectivity index (χ4n) is 3.40. The van der Waals surface area contributed by atoms with Crippen LogP contribution in [-0.4, -0.2) is 53.3 Å². The molecule has 0 spiro atoms. The fourth-order valence-corrected chi connectivity index (χ4v) is 3.40. The molecule has 1 atom stereocenters. The van der Waals surface area contributed by atoms with Crippen molar-refractivity contribution in [3.05, 3.63) is 17.7 Å². The third-order valence-corrected chi connectivity index (χ3v) is 4.81. The van der Waals surface area contributed by atoms with Crippen LogP contribution < -0.4 is 5.32 Å². The van der Waals surface area contributed by atoms with Gasteiger partial charge in [0.1, 0.15) is 5.82 Å². The maximum Gasteiger partial charge on any atom is 0.434 e. The third-order valence-electron chi connectivity index (χ3n) is 4.81. The van der Waals surface area contributed by atoms with Crippen molar-refractivity contribution in [2.45, 2.75) is 44.4 Å². The van der Waals surface area contributed by atoms with Crippen molar-refractivity contribution in [1.29, 1.82) is 0 Å².